The highest BCUT2D eigenvalue weighted by molar-refractivity contribution is 5.83. The van der Waals surface area contributed by atoms with Crippen molar-refractivity contribution in [1.82, 2.24) is 4.98 Å². The van der Waals surface area contributed by atoms with Crippen molar-refractivity contribution in [2.24, 2.45) is 0 Å². The number of aromatic amines is 1. The van der Waals surface area contributed by atoms with E-state index in [9.17, 15) is 0 Å². The van der Waals surface area contributed by atoms with E-state index in [0.717, 1.165) is 18.5 Å². The number of aryl methyl sites for hydroxylation is 1. The van der Waals surface area contributed by atoms with Gasteiger partial charge in [0.25, 0.3) is 0 Å². The highest BCUT2D eigenvalue weighted by atomic mass is 14.7. The van der Waals surface area contributed by atoms with E-state index in [1.165, 1.54) is 27.6 Å². The van der Waals surface area contributed by atoms with E-state index >= 15 is 0 Å². The molecule has 0 spiro atoms. The number of anilines is 1. The van der Waals surface area contributed by atoms with Crippen molar-refractivity contribution in [3.05, 3.63) is 65.4 Å². The lowest BCUT2D eigenvalue weighted by atomic mass is 9.97. The van der Waals surface area contributed by atoms with Crippen LogP contribution >= 0.6 is 0 Å². The van der Waals surface area contributed by atoms with E-state index in [2.05, 4.69) is 54.5 Å². The number of aromatic nitrogens is 1. The molecule has 3 aromatic rings. The van der Waals surface area contributed by atoms with Gasteiger partial charge in [-0.05, 0) is 47.7 Å². The Morgan fingerprint density at radius 2 is 1.84 bits per heavy atom. The van der Waals surface area contributed by atoms with E-state index in [-0.39, 0.29) is 0 Å². The van der Waals surface area contributed by atoms with Gasteiger partial charge in [-0.2, -0.15) is 0 Å². The van der Waals surface area contributed by atoms with Gasteiger partial charge in [-0.1, -0.05) is 31.2 Å². The minimum Gasteiger partial charge on any atom is -0.399 e. The van der Waals surface area contributed by atoms with Gasteiger partial charge in [-0.3, -0.25) is 0 Å². The molecule has 0 atom stereocenters. The first-order valence-corrected chi connectivity index (χ1v) is 6.70. The van der Waals surface area contributed by atoms with Gasteiger partial charge < -0.3 is 10.7 Å². The lowest BCUT2D eigenvalue weighted by molar-refractivity contribution is 1.07. The second-order valence-electron chi connectivity index (χ2n) is 4.92. The summed E-state index contributed by atoms with van der Waals surface area (Å²) in [5.41, 5.74) is 12.0. The molecular weight excluding hydrogens is 232 g/mol. The summed E-state index contributed by atoms with van der Waals surface area (Å²) in [7, 11) is 0. The lowest BCUT2D eigenvalue weighted by Crippen LogP contribution is -1.96. The van der Waals surface area contributed by atoms with Crippen molar-refractivity contribution in [3.8, 4) is 0 Å². The van der Waals surface area contributed by atoms with E-state index < -0.39 is 0 Å². The predicted octanol–water partition coefficient (Wildman–Crippen LogP) is 3.90. The van der Waals surface area contributed by atoms with Crippen LogP contribution in [-0.2, 0) is 12.8 Å². The van der Waals surface area contributed by atoms with Crippen LogP contribution in [0.25, 0.3) is 10.9 Å². The fourth-order valence-corrected chi connectivity index (χ4v) is 2.63. The molecule has 1 heterocycles. The molecule has 0 radical (unpaired) electrons. The first-order chi connectivity index (χ1) is 9.28. The maximum atomic E-state index is 5.86. The predicted molar refractivity (Wildman–Crippen MR) is 81.3 cm³/mol. The number of benzene rings is 2. The number of nitrogen functional groups attached to an aromatic ring is 1. The maximum absolute atomic E-state index is 5.86. The molecule has 2 heteroatoms. The molecule has 0 amide bonds. The molecular formula is C17H18N2. The number of fused-ring (bicyclic) bond motifs is 1. The Kier molecular flexibility index (Phi) is 3.00. The molecule has 2 nitrogen and oxygen atoms in total. The quantitative estimate of drug-likeness (QED) is 0.680. The topological polar surface area (TPSA) is 41.8 Å². The van der Waals surface area contributed by atoms with Gasteiger partial charge in [-0.15, -0.1) is 0 Å². The second-order valence-corrected chi connectivity index (χ2v) is 4.92. The molecule has 0 unspecified atom stereocenters. The molecule has 3 N–H and O–H groups in total. The zero-order valence-electron chi connectivity index (χ0n) is 11.1. The number of hydrogen-bond acceptors (Lipinski definition) is 1. The summed E-state index contributed by atoms with van der Waals surface area (Å²) in [4.78, 5) is 3.33. The summed E-state index contributed by atoms with van der Waals surface area (Å²) in [6.45, 7) is 2.17. The Labute approximate surface area is 113 Å². The summed E-state index contributed by atoms with van der Waals surface area (Å²) >= 11 is 0. The molecule has 0 aliphatic carbocycles. The summed E-state index contributed by atoms with van der Waals surface area (Å²) in [5.74, 6) is 0. The Bertz CT molecular complexity index is 710. The standard InChI is InChI=1S/C17H18N2/c1-2-12-10-15(18)8-7-13(12)9-14-11-19-17-6-4-3-5-16(14)17/h3-8,10-11,19H,2,9,18H2,1H3. The third kappa shape index (κ3) is 2.22. The summed E-state index contributed by atoms with van der Waals surface area (Å²) < 4.78 is 0. The second kappa shape index (κ2) is 4.81. The zero-order valence-corrected chi connectivity index (χ0v) is 11.1. The Morgan fingerprint density at radius 1 is 1.00 bits per heavy atom. The summed E-state index contributed by atoms with van der Waals surface area (Å²) in [6.07, 6.45) is 4.08. The molecule has 19 heavy (non-hydrogen) atoms. The number of nitrogens with one attached hydrogen (secondary N) is 1. The molecule has 1 aromatic heterocycles. The minimum atomic E-state index is 0.847. The highest BCUT2D eigenvalue weighted by Gasteiger charge is 2.07. The molecule has 0 aliphatic rings. The van der Waals surface area contributed by atoms with Crippen LogP contribution in [-0.4, -0.2) is 4.98 Å². The first kappa shape index (κ1) is 11.8. The monoisotopic (exact) mass is 250 g/mol. The molecule has 0 fully saturated rings. The smallest absolute Gasteiger partial charge is 0.0456 e. The van der Waals surface area contributed by atoms with Gasteiger partial charge in [0.1, 0.15) is 0 Å². The summed E-state index contributed by atoms with van der Waals surface area (Å²) in [5, 5.41) is 1.31. The Morgan fingerprint density at radius 3 is 2.68 bits per heavy atom. The number of para-hydroxylation sites is 1. The van der Waals surface area contributed by atoms with Crippen LogP contribution in [0.4, 0.5) is 5.69 Å². The van der Waals surface area contributed by atoms with E-state index in [0.29, 0.717) is 0 Å². The van der Waals surface area contributed by atoms with Crippen LogP contribution in [0.2, 0.25) is 0 Å². The Balaban J connectivity index is 2.01. The largest absolute Gasteiger partial charge is 0.399 e. The van der Waals surface area contributed by atoms with Crippen LogP contribution < -0.4 is 5.73 Å². The van der Waals surface area contributed by atoms with Gasteiger partial charge in [0.05, 0.1) is 0 Å². The van der Waals surface area contributed by atoms with E-state index in [1.807, 2.05) is 6.07 Å². The summed E-state index contributed by atoms with van der Waals surface area (Å²) in [6, 6.07) is 14.7. The normalized spacial score (nSPS) is 11.0. The van der Waals surface area contributed by atoms with Crippen molar-refractivity contribution < 1.29 is 0 Å². The molecule has 3 rings (SSSR count). The van der Waals surface area contributed by atoms with E-state index in [4.69, 9.17) is 5.73 Å². The number of rotatable bonds is 3. The van der Waals surface area contributed by atoms with Gasteiger partial charge in [-0.25, -0.2) is 0 Å². The fourth-order valence-electron chi connectivity index (χ4n) is 2.63. The average Bonchev–Trinajstić information content (AvgIpc) is 2.84. The van der Waals surface area contributed by atoms with Crippen molar-refractivity contribution in [1.29, 1.82) is 0 Å². The van der Waals surface area contributed by atoms with Gasteiger partial charge in [0.15, 0.2) is 0 Å². The number of nitrogens with two attached hydrogens (primary N) is 1. The van der Waals surface area contributed by atoms with E-state index in [1.54, 1.807) is 0 Å². The molecule has 0 bridgehead atoms. The highest BCUT2D eigenvalue weighted by Crippen LogP contribution is 2.23. The zero-order chi connectivity index (χ0) is 13.2. The van der Waals surface area contributed by atoms with Crippen molar-refractivity contribution >= 4 is 16.6 Å². The van der Waals surface area contributed by atoms with Crippen LogP contribution in [0.15, 0.2) is 48.7 Å². The van der Waals surface area contributed by atoms with Crippen LogP contribution in [0.1, 0.15) is 23.6 Å². The molecule has 0 saturated carbocycles. The third-order valence-electron chi connectivity index (χ3n) is 3.67. The van der Waals surface area contributed by atoms with Gasteiger partial charge in [0.2, 0.25) is 0 Å². The SMILES string of the molecule is CCc1cc(N)ccc1Cc1c[nH]c2ccccc12. The number of hydrogen-bond donors (Lipinski definition) is 2. The first-order valence-electron chi connectivity index (χ1n) is 6.70. The molecule has 96 valence electrons. The van der Waals surface area contributed by atoms with Crippen LogP contribution in [0, 0.1) is 0 Å². The lowest BCUT2D eigenvalue weighted by Gasteiger charge is -2.08. The maximum Gasteiger partial charge on any atom is 0.0456 e. The Hall–Kier alpha value is -2.22. The third-order valence-corrected chi connectivity index (χ3v) is 3.67. The van der Waals surface area contributed by atoms with Crippen LogP contribution in [0.5, 0.6) is 0 Å². The number of H-pyrrole nitrogens is 1. The van der Waals surface area contributed by atoms with Crippen LogP contribution in [0.3, 0.4) is 0 Å². The fraction of sp³-hybridized carbons (Fsp3) is 0.176. The molecule has 0 saturated heterocycles. The van der Waals surface area contributed by atoms with Crippen molar-refractivity contribution in [2.75, 3.05) is 5.73 Å². The minimum absolute atomic E-state index is 0.847. The molecule has 0 aliphatic heterocycles. The van der Waals surface area contributed by atoms with Gasteiger partial charge >= 0.3 is 0 Å². The van der Waals surface area contributed by atoms with Crippen molar-refractivity contribution in [3.63, 3.8) is 0 Å². The molecule has 2 aromatic carbocycles. The average molecular weight is 250 g/mol. The van der Waals surface area contributed by atoms with Crippen molar-refractivity contribution in [2.45, 2.75) is 19.8 Å². The van der Waals surface area contributed by atoms with Gasteiger partial charge in [0, 0.05) is 22.8 Å².